The van der Waals surface area contributed by atoms with Crippen molar-refractivity contribution in [2.45, 2.75) is 25.2 Å². The molecule has 1 aromatic heterocycles. The molecule has 0 aliphatic carbocycles. The molecule has 1 fully saturated rings. The number of fused-ring (bicyclic) bond motifs is 3. The fourth-order valence-corrected chi connectivity index (χ4v) is 5.47. The van der Waals surface area contributed by atoms with Crippen molar-refractivity contribution < 1.29 is 18.6 Å². The fourth-order valence-electron chi connectivity index (χ4n) is 5.47. The number of likely N-dealkylation sites (N-methyl/N-ethyl adjacent to an activating group) is 1. The number of anilines is 1. The molecular formula is C29H25F2N5O2. The van der Waals surface area contributed by atoms with Crippen LogP contribution in [0.2, 0.25) is 0 Å². The second kappa shape index (κ2) is 9.56. The van der Waals surface area contributed by atoms with Crippen LogP contribution in [0.4, 0.5) is 14.7 Å². The third-order valence-electron chi connectivity index (χ3n) is 7.29. The zero-order chi connectivity index (χ0) is 26.4. The molecule has 0 unspecified atom stereocenters. The van der Waals surface area contributed by atoms with Crippen LogP contribution < -0.4 is 10.1 Å². The van der Waals surface area contributed by atoms with Crippen LogP contribution in [0.3, 0.4) is 0 Å². The number of piperidine rings is 1. The summed E-state index contributed by atoms with van der Waals surface area (Å²) in [5, 5.41) is 22.8. The molecule has 38 heavy (non-hydrogen) atoms. The van der Waals surface area contributed by atoms with Gasteiger partial charge in [-0.2, -0.15) is 5.26 Å². The Kier molecular flexibility index (Phi) is 6.06. The van der Waals surface area contributed by atoms with Gasteiger partial charge in [0.15, 0.2) is 6.19 Å². The van der Waals surface area contributed by atoms with Gasteiger partial charge in [-0.05, 0) is 66.6 Å². The van der Waals surface area contributed by atoms with Crippen LogP contribution in [-0.2, 0) is 6.61 Å². The summed E-state index contributed by atoms with van der Waals surface area (Å²) in [5.74, 6) is -0.110. The van der Waals surface area contributed by atoms with Crippen LogP contribution in [0, 0.1) is 23.1 Å². The molecule has 4 aromatic rings. The molecule has 2 atom stereocenters. The number of benzene rings is 3. The highest BCUT2D eigenvalue weighted by Gasteiger charge is 2.30. The van der Waals surface area contributed by atoms with E-state index >= 15 is 0 Å². The third-order valence-corrected chi connectivity index (χ3v) is 7.29. The Hall–Kier alpha value is -4.26. The summed E-state index contributed by atoms with van der Waals surface area (Å²) in [5.41, 5.74) is 4.65. The first-order chi connectivity index (χ1) is 18.4. The number of nitrogens with one attached hydrogen (secondary N) is 1. The first-order valence-corrected chi connectivity index (χ1v) is 12.4. The van der Waals surface area contributed by atoms with Gasteiger partial charge in [0.2, 0.25) is 5.95 Å². The van der Waals surface area contributed by atoms with Crippen molar-refractivity contribution in [3.8, 4) is 11.9 Å². The largest absolute Gasteiger partial charge is 0.488 e. The van der Waals surface area contributed by atoms with Crippen molar-refractivity contribution in [1.29, 1.82) is 5.26 Å². The van der Waals surface area contributed by atoms with Gasteiger partial charge in [-0.3, -0.25) is 5.32 Å². The number of hydrogen-bond donors (Lipinski definition) is 2. The third kappa shape index (κ3) is 4.18. The van der Waals surface area contributed by atoms with E-state index in [2.05, 4.69) is 15.2 Å². The van der Waals surface area contributed by atoms with E-state index in [0.717, 1.165) is 17.6 Å². The van der Waals surface area contributed by atoms with Crippen molar-refractivity contribution in [3.05, 3.63) is 88.5 Å². The maximum absolute atomic E-state index is 14.8. The Morgan fingerprint density at radius 3 is 2.84 bits per heavy atom. The zero-order valence-corrected chi connectivity index (χ0v) is 20.7. The number of aromatic nitrogens is 2. The molecular weight excluding hydrogens is 488 g/mol. The highest BCUT2D eigenvalue weighted by Crippen LogP contribution is 2.39. The number of ether oxygens (including phenoxy) is 1. The molecule has 0 bridgehead atoms. The first-order valence-electron chi connectivity index (χ1n) is 12.4. The van der Waals surface area contributed by atoms with Crippen LogP contribution in [0.15, 0.2) is 54.6 Å². The van der Waals surface area contributed by atoms with Gasteiger partial charge in [0.05, 0.1) is 23.2 Å². The van der Waals surface area contributed by atoms with Gasteiger partial charge in [-0.25, -0.2) is 13.8 Å². The summed E-state index contributed by atoms with van der Waals surface area (Å²) in [7, 11) is 1.97. The van der Waals surface area contributed by atoms with Gasteiger partial charge in [0.1, 0.15) is 24.0 Å². The topological polar surface area (TPSA) is 86.3 Å². The lowest BCUT2D eigenvalue weighted by atomic mass is 9.92. The minimum atomic E-state index is -0.610. The summed E-state index contributed by atoms with van der Waals surface area (Å²) in [6, 6.07) is 14.7. The lowest BCUT2D eigenvalue weighted by Crippen LogP contribution is -2.42. The van der Waals surface area contributed by atoms with E-state index < -0.39 is 11.9 Å². The lowest BCUT2D eigenvalue weighted by Gasteiger charge is -2.35. The molecule has 192 valence electrons. The zero-order valence-electron chi connectivity index (χ0n) is 20.7. The first kappa shape index (κ1) is 24.1. The summed E-state index contributed by atoms with van der Waals surface area (Å²) < 4.78 is 36.5. The number of imidazole rings is 1. The average Bonchev–Trinajstić information content (AvgIpc) is 3.15. The van der Waals surface area contributed by atoms with E-state index in [1.807, 2.05) is 48.1 Å². The van der Waals surface area contributed by atoms with Crippen LogP contribution in [-0.4, -0.2) is 45.8 Å². The molecule has 0 amide bonds. The number of halogens is 2. The summed E-state index contributed by atoms with van der Waals surface area (Å²) in [6.07, 6.45) is 3.96. The van der Waals surface area contributed by atoms with Crippen LogP contribution in [0.25, 0.3) is 22.7 Å². The highest BCUT2D eigenvalue weighted by molar-refractivity contribution is 5.96. The normalized spacial score (nSPS) is 20.3. The summed E-state index contributed by atoms with van der Waals surface area (Å²) >= 11 is 0. The minimum absolute atomic E-state index is 0.0126. The average molecular weight is 514 g/mol. The lowest BCUT2D eigenvalue weighted by molar-refractivity contribution is 0.0403. The molecule has 6 rings (SSSR count). The van der Waals surface area contributed by atoms with Crippen molar-refractivity contribution >= 4 is 28.6 Å². The molecule has 0 radical (unpaired) electrons. The van der Waals surface area contributed by atoms with E-state index in [-0.39, 0.29) is 18.5 Å². The van der Waals surface area contributed by atoms with E-state index in [0.29, 0.717) is 52.4 Å². The molecule has 2 N–H and O–H groups in total. The Labute approximate surface area is 218 Å². The SMILES string of the molecule is CN1CC[C@H](n2c(NC#N)nc3cc(C=C4c5ccc(F)cc5OCc5c(F)cccc54)ccc32)[C@@H](O)C1. The number of likely N-dealkylation sites (tertiary alicyclic amines) is 1. The second-order valence-corrected chi connectivity index (χ2v) is 9.73. The Balaban J connectivity index is 1.50. The number of nitriles is 1. The van der Waals surface area contributed by atoms with E-state index in [1.54, 1.807) is 12.1 Å². The number of nitrogens with zero attached hydrogens (tertiary/aromatic N) is 4. The second-order valence-electron chi connectivity index (χ2n) is 9.73. The molecule has 1 saturated heterocycles. The molecule has 2 aliphatic heterocycles. The highest BCUT2D eigenvalue weighted by atomic mass is 19.1. The maximum Gasteiger partial charge on any atom is 0.217 e. The van der Waals surface area contributed by atoms with Gasteiger partial charge < -0.3 is 19.3 Å². The van der Waals surface area contributed by atoms with Gasteiger partial charge >= 0.3 is 0 Å². The van der Waals surface area contributed by atoms with E-state index in [9.17, 15) is 19.1 Å². The molecule has 0 spiro atoms. The van der Waals surface area contributed by atoms with Crippen molar-refractivity contribution in [3.63, 3.8) is 0 Å². The number of rotatable bonds is 3. The van der Waals surface area contributed by atoms with Crippen molar-refractivity contribution in [1.82, 2.24) is 14.5 Å². The monoisotopic (exact) mass is 513 g/mol. The smallest absolute Gasteiger partial charge is 0.217 e. The quantitative estimate of drug-likeness (QED) is 0.299. The maximum atomic E-state index is 14.8. The Bertz CT molecular complexity index is 1620. The molecule has 0 saturated carbocycles. The standard InChI is InChI=1S/C29H25F2N5O2/c1-35-10-9-26(27(37)14-35)36-25-8-5-17(12-24(25)34-29(36)33-16-32)11-21-19-3-2-4-23(31)22(19)15-38-28-13-18(30)6-7-20(21)28/h2-8,11-13,26-27,37H,9-10,14-15H2,1H3,(H,33,34)/t26-,27-/m0/s1. The Morgan fingerprint density at radius 2 is 2.03 bits per heavy atom. The molecule has 3 heterocycles. The van der Waals surface area contributed by atoms with Crippen molar-refractivity contribution in [2.24, 2.45) is 0 Å². The fraction of sp³-hybridized carbons (Fsp3) is 0.241. The van der Waals surface area contributed by atoms with Gasteiger partial charge in [-0.1, -0.05) is 18.2 Å². The van der Waals surface area contributed by atoms with Gasteiger partial charge in [-0.15, -0.1) is 0 Å². The number of hydrogen-bond acceptors (Lipinski definition) is 6. The molecule has 9 heteroatoms. The molecule has 2 aliphatic rings. The predicted molar refractivity (Wildman–Crippen MR) is 140 cm³/mol. The number of aliphatic hydroxyl groups is 1. The number of β-amino-alcohol motifs (C(OH)–C–C–N with tert-alkyl or cyclic N) is 1. The minimum Gasteiger partial charge on any atom is -0.488 e. The predicted octanol–water partition coefficient (Wildman–Crippen LogP) is 4.93. The van der Waals surface area contributed by atoms with Crippen LogP contribution in [0.1, 0.15) is 34.7 Å². The van der Waals surface area contributed by atoms with E-state index in [4.69, 9.17) is 4.74 Å². The van der Waals surface area contributed by atoms with Crippen molar-refractivity contribution in [2.75, 3.05) is 25.5 Å². The Morgan fingerprint density at radius 1 is 1.16 bits per heavy atom. The van der Waals surface area contributed by atoms with Crippen LogP contribution in [0.5, 0.6) is 5.75 Å². The van der Waals surface area contributed by atoms with Gasteiger partial charge in [0, 0.05) is 30.3 Å². The summed E-state index contributed by atoms with van der Waals surface area (Å²) in [6.45, 7) is 1.33. The van der Waals surface area contributed by atoms with Crippen LogP contribution >= 0.6 is 0 Å². The summed E-state index contributed by atoms with van der Waals surface area (Å²) in [4.78, 5) is 6.73. The molecule has 7 nitrogen and oxygen atoms in total. The van der Waals surface area contributed by atoms with Gasteiger partial charge in [0.25, 0.3) is 0 Å². The molecule has 3 aromatic carbocycles. The van der Waals surface area contributed by atoms with E-state index in [1.165, 1.54) is 18.2 Å². The number of aliphatic hydroxyl groups excluding tert-OH is 1.